The van der Waals surface area contributed by atoms with E-state index in [2.05, 4.69) is 23.1 Å². The first-order chi connectivity index (χ1) is 21.2. The number of aromatic nitrogens is 2. The molecule has 0 N–H and O–H groups in total. The number of hydrogen-bond acceptors (Lipinski definition) is 6. The van der Waals surface area contributed by atoms with Crippen molar-refractivity contribution in [2.75, 3.05) is 13.2 Å². The maximum absolute atomic E-state index is 14.9. The highest BCUT2D eigenvalue weighted by Crippen LogP contribution is 2.47. The quantitative estimate of drug-likeness (QED) is 0.147. The molecule has 0 fully saturated rings. The van der Waals surface area contributed by atoms with E-state index in [1.165, 1.54) is 36.4 Å². The third kappa shape index (κ3) is 5.32. The van der Waals surface area contributed by atoms with Crippen molar-refractivity contribution in [3.8, 4) is 34.4 Å². The summed E-state index contributed by atoms with van der Waals surface area (Å²) in [6.07, 6.45) is -1.36. The summed E-state index contributed by atoms with van der Waals surface area (Å²) in [4.78, 5) is 9.00. The van der Waals surface area contributed by atoms with Gasteiger partial charge in [0.15, 0.2) is 11.2 Å². The van der Waals surface area contributed by atoms with Crippen molar-refractivity contribution in [1.29, 1.82) is 0 Å². The largest absolute Gasteiger partial charge is 0.490 e. The fourth-order valence-electron chi connectivity index (χ4n) is 4.92. The lowest BCUT2D eigenvalue weighted by atomic mass is 9.75. The molecule has 222 valence electrons. The van der Waals surface area contributed by atoms with Crippen molar-refractivity contribution in [3.63, 3.8) is 0 Å². The Labute approximate surface area is 251 Å². The summed E-state index contributed by atoms with van der Waals surface area (Å²) >= 11 is 0. The predicted molar refractivity (Wildman–Crippen MR) is 163 cm³/mol. The standard InChI is InChI=1S/C35H27F3N2O4/c1-4-18-41-26-12-6-22(7-13-26)32-39-28-20-24(10-16-30(28)43-32)34(3,35(36,37)38)25-11-17-31-29(21-25)40-33(44-31)23-8-14-27(15-9-23)42-19-5-2/h4-17,20-21H,1-2,18-19H2,3H3. The molecule has 4 aromatic carbocycles. The molecular formula is C35H27F3N2O4. The smallest absolute Gasteiger partial charge is 0.402 e. The molecule has 0 aliphatic carbocycles. The van der Waals surface area contributed by atoms with Crippen LogP contribution in [0.2, 0.25) is 0 Å². The Morgan fingerprint density at radius 1 is 0.659 bits per heavy atom. The van der Waals surface area contributed by atoms with Gasteiger partial charge >= 0.3 is 6.18 Å². The zero-order valence-corrected chi connectivity index (χ0v) is 23.7. The Morgan fingerprint density at radius 3 is 1.43 bits per heavy atom. The average Bonchev–Trinajstić information content (AvgIpc) is 3.66. The van der Waals surface area contributed by atoms with Crippen LogP contribution in [0.15, 0.2) is 119 Å². The summed E-state index contributed by atoms with van der Waals surface area (Å²) < 4.78 is 67.6. The second-order valence-corrected chi connectivity index (χ2v) is 10.3. The van der Waals surface area contributed by atoms with Gasteiger partial charge in [0.2, 0.25) is 11.8 Å². The first-order valence-electron chi connectivity index (χ1n) is 13.8. The minimum atomic E-state index is -4.64. The van der Waals surface area contributed by atoms with Crippen LogP contribution in [0, 0.1) is 0 Å². The van der Waals surface area contributed by atoms with E-state index in [0.717, 1.165) is 6.92 Å². The molecule has 9 heteroatoms. The van der Waals surface area contributed by atoms with E-state index in [-0.39, 0.29) is 22.9 Å². The molecule has 6 aromatic rings. The Kier molecular flexibility index (Phi) is 7.47. The molecule has 0 saturated heterocycles. The second kappa shape index (κ2) is 11.4. The van der Waals surface area contributed by atoms with Gasteiger partial charge in [-0.15, -0.1) is 0 Å². The number of oxazole rings is 2. The molecule has 0 aliphatic heterocycles. The van der Waals surface area contributed by atoms with Gasteiger partial charge in [-0.1, -0.05) is 37.4 Å². The third-order valence-electron chi connectivity index (χ3n) is 7.44. The number of nitrogens with zero attached hydrogens (tertiary/aromatic N) is 2. The average molecular weight is 597 g/mol. The molecule has 2 aromatic heterocycles. The van der Waals surface area contributed by atoms with Crippen molar-refractivity contribution >= 4 is 22.2 Å². The number of benzene rings is 4. The van der Waals surface area contributed by atoms with Crippen LogP contribution in [0.25, 0.3) is 45.1 Å². The molecule has 6 rings (SSSR count). The van der Waals surface area contributed by atoms with Crippen LogP contribution in [0.3, 0.4) is 0 Å². The lowest BCUT2D eigenvalue weighted by Gasteiger charge is -2.33. The zero-order valence-electron chi connectivity index (χ0n) is 23.7. The maximum Gasteiger partial charge on any atom is 0.402 e. The number of halogens is 3. The van der Waals surface area contributed by atoms with E-state index in [1.54, 1.807) is 60.7 Å². The number of hydrogen-bond donors (Lipinski definition) is 0. The van der Waals surface area contributed by atoms with Crippen molar-refractivity contribution in [2.45, 2.75) is 18.5 Å². The fraction of sp³-hybridized carbons (Fsp3) is 0.143. The summed E-state index contributed by atoms with van der Waals surface area (Å²) in [6.45, 7) is 9.14. The predicted octanol–water partition coefficient (Wildman–Crippen LogP) is 9.30. The van der Waals surface area contributed by atoms with E-state index in [4.69, 9.17) is 18.3 Å². The Bertz CT molecular complexity index is 1820. The van der Waals surface area contributed by atoms with Gasteiger partial charge in [-0.05, 0) is 90.8 Å². The number of alkyl halides is 3. The molecular weight excluding hydrogens is 569 g/mol. The molecule has 0 spiro atoms. The number of rotatable bonds is 10. The number of ether oxygens (including phenoxy) is 2. The number of fused-ring (bicyclic) bond motifs is 2. The molecule has 0 bridgehead atoms. The van der Waals surface area contributed by atoms with E-state index in [1.807, 2.05) is 0 Å². The van der Waals surface area contributed by atoms with Crippen LogP contribution in [0.5, 0.6) is 11.5 Å². The fourth-order valence-corrected chi connectivity index (χ4v) is 4.92. The van der Waals surface area contributed by atoms with Gasteiger partial charge in [-0.3, -0.25) is 0 Å². The Morgan fingerprint density at radius 2 is 1.07 bits per heavy atom. The minimum absolute atomic E-state index is 0.0173. The highest BCUT2D eigenvalue weighted by atomic mass is 19.4. The van der Waals surface area contributed by atoms with E-state index < -0.39 is 11.6 Å². The van der Waals surface area contributed by atoms with Crippen LogP contribution in [0.1, 0.15) is 18.1 Å². The first-order valence-corrected chi connectivity index (χ1v) is 13.8. The van der Waals surface area contributed by atoms with Gasteiger partial charge in [-0.25, -0.2) is 9.97 Å². The van der Waals surface area contributed by atoms with Crippen LogP contribution in [-0.4, -0.2) is 29.4 Å². The molecule has 0 atom stereocenters. The monoisotopic (exact) mass is 596 g/mol. The highest BCUT2D eigenvalue weighted by Gasteiger charge is 2.53. The van der Waals surface area contributed by atoms with Crippen LogP contribution in [-0.2, 0) is 5.41 Å². The highest BCUT2D eigenvalue weighted by molar-refractivity contribution is 5.80. The summed E-state index contributed by atoms with van der Waals surface area (Å²) in [5, 5.41) is 0. The van der Waals surface area contributed by atoms with E-state index >= 15 is 0 Å². The minimum Gasteiger partial charge on any atom is -0.490 e. The third-order valence-corrected chi connectivity index (χ3v) is 7.44. The summed E-state index contributed by atoms with van der Waals surface area (Å²) in [5.74, 6) is 1.88. The van der Waals surface area contributed by atoms with Crippen LogP contribution in [0.4, 0.5) is 13.2 Å². The van der Waals surface area contributed by atoms with Crippen LogP contribution >= 0.6 is 0 Å². The SMILES string of the molecule is C=CCOc1ccc(-c2nc3cc(C(C)(c4ccc5oc(-c6ccc(OCC=C)cc6)nc5c4)C(F)(F)F)ccc3o2)cc1. The molecule has 6 nitrogen and oxygen atoms in total. The summed E-state index contributed by atoms with van der Waals surface area (Å²) in [6, 6.07) is 22.9. The molecule has 0 amide bonds. The van der Waals surface area contributed by atoms with Gasteiger partial charge < -0.3 is 18.3 Å². The van der Waals surface area contributed by atoms with Gasteiger partial charge in [0.1, 0.15) is 41.2 Å². The van der Waals surface area contributed by atoms with Gasteiger partial charge in [0.25, 0.3) is 0 Å². The molecule has 0 aliphatic rings. The van der Waals surface area contributed by atoms with Crippen molar-refractivity contribution in [2.24, 2.45) is 0 Å². The molecule has 0 saturated carbocycles. The second-order valence-electron chi connectivity index (χ2n) is 10.3. The summed E-state index contributed by atoms with van der Waals surface area (Å²) in [5.41, 5.74) is 0.359. The zero-order chi connectivity index (χ0) is 30.9. The lowest BCUT2D eigenvalue weighted by molar-refractivity contribution is -0.173. The lowest BCUT2D eigenvalue weighted by Crippen LogP contribution is -2.40. The Hall–Kier alpha value is -5.31. The van der Waals surface area contributed by atoms with E-state index in [9.17, 15) is 13.2 Å². The molecule has 44 heavy (non-hydrogen) atoms. The Balaban J connectivity index is 1.34. The van der Waals surface area contributed by atoms with Crippen molar-refractivity contribution in [1.82, 2.24) is 9.97 Å². The van der Waals surface area contributed by atoms with Crippen molar-refractivity contribution < 1.29 is 31.5 Å². The van der Waals surface area contributed by atoms with Gasteiger partial charge in [0.05, 0.1) is 0 Å². The van der Waals surface area contributed by atoms with E-state index in [0.29, 0.717) is 58.0 Å². The van der Waals surface area contributed by atoms with Crippen molar-refractivity contribution in [3.05, 3.63) is 121 Å². The van der Waals surface area contributed by atoms with Gasteiger partial charge in [-0.2, -0.15) is 13.2 Å². The molecule has 0 unspecified atom stereocenters. The topological polar surface area (TPSA) is 70.5 Å². The van der Waals surface area contributed by atoms with Gasteiger partial charge in [0, 0.05) is 11.1 Å². The first kappa shape index (κ1) is 28.8. The maximum atomic E-state index is 14.9. The summed E-state index contributed by atoms with van der Waals surface area (Å²) in [7, 11) is 0. The molecule has 0 radical (unpaired) electrons. The van der Waals surface area contributed by atoms with Crippen LogP contribution < -0.4 is 9.47 Å². The normalized spacial score (nSPS) is 12.0. The molecule has 2 heterocycles.